The molecule has 24 heavy (non-hydrogen) atoms. The van der Waals surface area contributed by atoms with E-state index < -0.39 is 60.7 Å². The summed E-state index contributed by atoms with van der Waals surface area (Å²) in [6.07, 6.45) is -1.47. The van der Waals surface area contributed by atoms with Crippen LogP contribution >= 0.6 is 12.6 Å². The molecule has 0 saturated carbocycles. The van der Waals surface area contributed by atoms with Crippen molar-refractivity contribution in [3.05, 3.63) is 0 Å². The van der Waals surface area contributed by atoms with Crippen LogP contribution in [0.2, 0.25) is 0 Å². The topological polar surface area (TPSA) is 196 Å². The fourth-order valence-corrected chi connectivity index (χ4v) is 1.81. The van der Waals surface area contributed by atoms with Gasteiger partial charge in [0, 0.05) is 12.2 Å². The largest absolute Gasteiger partial charge is 0.481 e. The fourth-order valence-electron chi connectivity index (χ4n) is 1.55. The van der Waals surface area contributed by atoms with Gasteiger partial charge in [-0.3, -0.25) is 19.2 Å². The number of nitrogens with two attached hydrogens (primary N) is 1. The van der Waals surface area contributed by atoms with Crippen molar-refractivity contribution in [2.75, 3.05) is 5.75 Å². The lowest BCUT2D eigenvalue weighted by Gasteiger charge is -2.21. The second kappa shape index (κ2) is 10.4. The van der Waals surface area contributed by atoms with Crippen LogP contribution in [0.15, 0.2) is 0 Å². The molecule has 11 nitrogen and oxygen atoms in total. The van der Waals surface area contributed by atoms with E-state index in [0.29, 0.717) is 0 Å². The molecule has 2 amide bonds. The summed E-state index contributed by atoms with van der Waals surface area (Å²) < 4.78 is 0. The molecule has 0 aromatic carbocycles. The molecule has 0 aromatic rings. The summed E-state index contributed by atoms with van der Waals surface area (Å²) in [6.45, 7) is 0. The van der Waals surface area contributed by atoms with Crippen LogP contribution in [0, 0.1) is 0 Å². The highest BCUT2D eigenvalue weighted by atomic mass is 32.1. The molecule has 136 valence electrons. The third-order valence-corrected chi connectivity index (χ3v) is 3.17. The molecule has 0 aromatic heterocycles. The summed E-state index contributed by atoms with van der Waals surface area (Å²) in [5.41, 5.74) is 5.34. The Morgan fingerprint density at radius 2 is 1.46 bits per heavy atom. The van der Waals surface area contributed by atoms with Gasteiger partial charge in [-0.15, -0.1) is 0 Å². The molecule has 0 aliphatic carbocycles. The lowest BCUT2D eigenvalue weighted by molar-refractivity contribution is -0.143. The number of carboxylic acid groups (broad SMARTS) is 3. The molecule has 7 N–H and O–H groups in total. The standard InChI is InChI=1S/C12H19N3O8S/c13-5(3-9(18)19)10(20)15-7(4-24)11(21)14-6(12(22)23)1-2-8(16)17/h5-7,24H,1-4,13H2,(H,14,21)(H,15,20)(H,16,17)(H,18,19)(H,22,23). The van der Waals surface area contributed by atoms with Gasteiger partial charge in [-0.25, -0.2) is 4.79 Å². The first-order valence-corrected chi connectivity index (χ1v) is 7.35. The summed E-state index contributed by atoms with van der Waals surface area (Å²) >= 11 is 3.85. The zero-order chi connectivity index (χ0) is 18.9. The van der Waals surface area contributed by atoms with Crippen LogP contribution in [0.25, 0.3) is 0 Å². The highest BCUT2D eigenvalue weighted by Gasteiger charge is 2.28. The Hall–Kier alpha value is -2.34. The van der Waals surface area contributed by atoms with E-state index in [2.05, 4.69) is 23.3 Å². The number of rotatable bonds is 11. The summed E-state index contributed by atoms with van der Waals surface area (Å²) in [7, 11) is 0. The van der Waals surface area contributed by atoms with Gasteiger partial charge in [-0.1, -0.05) is 0 Å². The quantitative estimate of drug-likeness (QED) is 0.196. The Kier molecular flexibility index (Phi) is 9.42. The monoisotopic (exact) mass is 365 g/mol. The van der Waals surface area contributed by atoms with E-state index in [0.717, 1.165) is 0 Å². The Morgan fingerprint density at radius 1 is 0.917 bits per heavy atom. The first kappa shape index (κ1) is 21.7. The number of carboxylic acids is 3. The Morgan fingerprint density at radius 3 is 1.88 bits per heavy atom. The van der Waals surface area contributed by atoms with Crippen LogP contribution in [-0.2, 0) is 24.0 Å². The molecule has 0 aliphatic heterocycles. The van der Waals surface area contributed by atoms with Crippen LogP contribution in [0.5, 0.6) is 0 Å². The first-order chi connectivity index (χ1) is 11.1. The number of nitrogens with one attached hydrogen (secondary N) is 2. The van der Waals surface area contributed by atoms with Crippen molar-refractivity contribution in [3.8, 4) is 0 Å². The average Bonchev–Trinajstić information content (AvgIpc) is 2.47. The van der Waals surface area contributed by atoms with Gasteiger partial charge in [0.2, 0.25) is 11.8 Å². The third-order valence-electron chi connectivity index (χ3n) is 2.81. The Balaban J connectivity index is 4.76. The lowest BCUT2D eigenvalue weighted by Crippen LogP contribution is -2.55. The Bertz CT molecular complexity index is 513. The number of carbonyl (C=O) groups is 5. The van der Waals surface area contributed by atoms with Crippen molar-refractivity contribution in [2.45, 2.75) is 37.4 Å². The second-order valence-corrected chi connectivity index (χ2v) is 5.15. The molecule has 0 heterocycles. The molecule has 12 heteroatoms. The van der Waals surface area contributed by atoms with E-state index in [9.17, 15) is 24.0 Å². The summed E-state index contributed by atoms with van der Waals surface area (Å²) in [5.74, 6) is -5.99. The summed E-state index contributed by atoms with van der Waals surface area (Å²) in [5, 5.41) is 30.3. The predicted octanol–water partition coefficient (Wildman–Crippen LogP) is -2.36. The number of hydrogen-bond donors (Lipinski definition) is 7. The van der Waals surface area contributed by atoms with Crippen molar-refractivity contribution < 1.29 is 39.3 Å². The van der Waals surface area contributed by atoms with Crippen molar-refractivity contribution >= 4 is 42.4 Å². The van der Waals surface area contributed by atoms with Crippen LogP contribution in [0.3, 0.4) is 0 Å². The minimum atomic E-state index is -1.46. The maximum atomic E-state index is 12.0. The smallest absolute Gasteiger partial charge is 0.326 e. The van der Waals surface area contributed by atoms with Gasteiger partial charge in [0.05, 0.1) is 12.5 Å². The minimum Gasteiger partial charge on any atom is -0.481 e. The second-order valence-electron chi connectivity index (χ2n) is 4.78. The van der Waals surface area contributed by atoms with E-state index in [1.54, 1.807) is 0 Å². The van der Waals surface area contributed by atoms with Crippen LogP contribution < -0.4 is 16.4 Å². The molecule has 0 rings (SSSR count). The molecule has 0 aliphatic rings. The number of hydrogen-bond acceptors (Lipinski definition) is 7. The molecule has 3 unspecified atom stereocenters. The van der Waals surface area contributed by atoms with E-state index >= 15 is 0 Å². The molecular weight excluding hydrogens is 346 g/mol. The lowest BCUT2D eigenvalue weighted by atomic mass is 10.1. The average molecular weight is 365 g/mol. The molecular formula is C12H19N3O8S. The molecule has 0 radical (unpaired) electrons. The highest BCUT2D eigenvalue weighted by Crippen LogP contribution is 2.00. The van der Waals surface area contributed by atoms with Crippen LogP contribution in [0.1, 0.15) is 19.3 Å². The normalized spacial score (nSPS) is 14.1. The molecule has 3 atom stereocenters. The molecule has 0 saturated heterocycles. The van der Waals surface area contributed by atoms with E-state index in [-0.39, 0.29) is 12.2 Å². The van der Waals surface area contributed by atoms with Crippen molar-refractivity contribution in [3.63, 3.8) is 0 Å². The van der Waals surface area contributed by atoms with Gasteiger partial charge < -0.3 is 31.7 Å². The van der Waals surface area contributed by atoms with Gasteiger partial charge in [0.1, 0.15) is 12.1 Å². The number of carbonyl (C=O) groups excluding carboxylic acids is 2. The third kappa shape index (κ3) is 8.33. The molecule has 0 fully saturated rings. The van der Waals surface area contributed by atoms with E-state index in [1.165, 1.54) is 0 Å². The number of aliphatic carboxylic acids is 3. The Labute approximate surface area is 142 Å². The number of amides is 2. The predicted molar refractivity (Wildman–Crippen MR) is 82.4 cm³/mol. The zero-order valence-corrected chi connectivity index (χ0v) is 13.4. The highest BCUT2D eigenvalue weighted by molar-refractivity contribution is 7.80. The van der Waals surface area contributed by atoms with Crippen LogP contribution in [-0.4, -0.2) is 68.9 Å². The molecule has 0 bridgehead atoms. The first-order valence-electron chi connectivity index (χ1n) is 6.72. The van der Waals surface area contributed by atoms with E-state index in [4.69, 9.17) is 21.1 Å². The summed E-state index contributed by atoms with van der Waals surface area (Å²) in [4.78, 5) is 55.6. The zero-order valence-electron chi connectivity index (χ0n) is 12.5. The maximum absolute atomic E-state index is 12.0. The van der Waals surface area contributed by atoms with Gasteiger partial charge in [0.15, 0.2) is 0 Å². The maximum Gasteiger partial charge on any atom is 0.326 e. The van der Waals surface area contributed by atoms with Crippen molar-refractivity contribution in [1.82, 2.24) is 10.6 Å². The van der Waals surface area contributed by atoms with Gasteiger partial charge >= 0.3 is 17.9 Å². The van der Waals surface area contributed by atoms with Gasteiger partial charge in [0.25, 0.3) is 0 Å². The van der Waals surface area contributed by atoms with Crippen molar-refractivity contribution in [2.24, 2.45) is 5.73 Å². The minimum absolute atomic E-state index is 0.206. The van der Waals surface area contributed by atoms with E-state index in [1.807, 2.05) is 0 Å². The molecule has 0 spiro atoms. The number of thiol groups is 1. The summed E-state index contributed by atoms with van der Waals surface area (Å²) in [6, 6.07) is -4.10. The van der Waals surface area contributed by atoms with Gasteiger partial charge in [-0.05, 0) is 6.42 Å². The van der Waals surface area contributed by atoms with Crippen molar-refractivity contribution in [1.29, 1.82) is 0 Å². The fraction of sp³-hybridized carbons (Fsp3) is 0.583. The SMILES string of the molecule is NC(CC(=O)O)C(=O)NC(CS)C(=O)NC(CCC(=O)O)C(=O)O. The van der Waals surface area contributed by atoms with Crippen LogP contribution in [0.4, 0.5) is 0 Å². The van der Waals surface area contributed by atoms with Gasteiger partial charge in [-0.2, -0.15) is 12.6 Å².